The highest BCUT2D eigenvalue weighted by Crippen LogP contribution is 2.44. The smallest absolute Gasteiger partial charge is 0.227 e. The van der Waals surface area contributed by atoms with Gasteiger partial charge < -0.3 is 16.0 Å². The second-order valence-corrected chi connectivity index (χ2v) is 6.12. The average molecular weight is 253 g/mol. The van der Waals surface area contributed by atoms with Gasteiger partial charge in [0.25, 0.3) is 0 Å². The standard InChI is InChI=1S/C14H27N3O/c1-12-3-9-17(10-4-12)8-2-7-16-13(18)14(11-15)5-6-14/h12H,2-11,15H2,1H3,(H,16,18). The fraction of sp³-hybridized carbons (Fsp3) is 0.929. The minimum atomic E-state index is -0.194. The molecule has 0 bridgehead atoms. The number of piperidine rings is 1. The minimum Gasteiger partial charge on any atom is -0.356 e. The zero-order valence-corrected chi connectivity index (χ0v) is 11.6. The highest BCUT2D eigenvalue weighted by Gasteiger charge is 2.48. The monoisotopic (exact) mass is 253 g/mol. The lowest BCUT2D eigenvalue weighted by Gasteiger charge is -2.30. The zero-order chi connectivity index (χ0) is 13.0. The molecular weight excluding hydrogens is 226 g/mol. The zero-order valence-electron chi connectivity index (χ0n) is 11.6. The molecule has 104 valence electrons. The molecule has 2 fully saturated rings. The van der Waals surface area contributed by atoms with E-state index in [1.165, 1.54) is 25.9 Å². The summed E-state index contributed by atoms with van der Waals surface area (Å²) in [7, 11) is 0. The van der Waals surface area contributed by atoms with E-state index >= 15 is 0 Å². The molecule has 0 spiro atoms. The lowest BCUT2D eigenvalue weighted by molar-refractivity contribution is -0.125. The first kappa shape index (κ1) is 13.8. The molecule has 0 aromatic rings. The summed E-state index contributed by atoms with van der Waals surface area (Å²) in [6.45, 7) is 7.20. The molecule has 3 N–H and O–H groups in total. The SMILES string of the molecule is CC1CCN(CCCNC(=O)C2(CN)CC2)CC1. The Morgan fingerprint density at radius 1 is 1.39 bits per heavy atom. The van der Waals surface area contributed by atoms with Crippen LogP contribution < -0.4 is 11.1 Å². The number of likely N-dealkylation sites (tertiary alicyclic amines) is 1. The Kier molecular flexibility index (Phi) is 4.62. The third-order valence-electron chi connectivity index (χ3n) is 4.54. The summed E-state index contributed by atoms with van der Waals surface area (Å²) in [5.74, 6) is 1.07. The van der Waals surface area contributed by atoms with Crippen LogP contribution in [0.5, 0.6) is 0 Å². The number of rotatable bonds is 6. The Balaban J connectivity index is 1.55. The van der Waals surface area contributed by atoms with E-state index in [1.807, 2.05) is 0 Å². The van der Waals surface area contributed by atoms with Gasteiger partial charge in [-0.15, -0.1) is 0 Å². The third-order valence-corrected chi connectivity index (χ3v) is 4.54. The number of carbonyl (C=O) groups excluding carboxylic acids is 1. The number of hydrogen-bond acceptors (Lipinski definition) is 3. The van der Waals surface area contributed by atoms with Crippen LogP contribution in [0.4, 0.5) is 0 Å². The van der Waals surface area contributed by atoms with E-state index in [2.05, 4.69) is 17.1 Å². The molecule has 1 heterocycles. The number of nitrogens with zero attached hydrogens (tertiary/aromatic N) is 1. The van der Waals surface area contributed by atoms with Crippen molar-refractivity contribution < 1.29 is 4.79 Å². The molecule has 1 saturated heterocycles. The van der Waals surface area contributed by atoms with Gasteiger partial charge >= 0.3 is 0 Å². The molecule has 2 aliphatic rings. The first-order valence-corrected chi connectivity index (χ1v) is 7.37. The summed E-state index contributed by atoms with van der Waals surface area (Å²) in [5.41, 5.74) is 5.44. The Morgan fingerprint density at radius 2 is 2.06 bits per heavy atom. The van der Waals surface area contributed by atoms with Gasteiger partial charge in [0.1, 0.15) is 0 Å². The van der Waals surface area contributed by atoms with Crippen molar-refractivity contribution in [3.63, 3.8) is 0 Å². The van der Waals surface area contributed by atoms with Crippen LogP contribution in [0.3, 0.4) is 0 Å². The minimum absolute atomic E-state index is 0.178. The highest BCUT2D eigenvalue weighted by atomic mass is 16.2. The van der Waals surface area contributed by atoms with Gasteiger partial charge in [0.2, 0.25) is 5.91 Å². The second-order valence-electron chi connectivity index (χ2n) is 6.12. The van der Waals surface area contributed by atoms with Crippen LogP contribution in [-0.4, -0.2) is 43.5 Å². The predicted molar refractivity (Wildman–Crippen MR) is 73.2 cm³/mol. The molecule has 1 aliphatic heterocycles. The molecule has 0 aromatic carbocycles. The Bertz CT molecular complexity index is 281. The van der Waals surface area contributed by atoms with Crippen molar-refractivity contribution in [2.75, 3.05) is 32.7 Å². The predicted octanol–water partition coefficient (Wildman–Crippen LogP) is 0.964. The highest BCUT2D eigenvalue weighted by molar-refractivity contribution is 5.85. The van der Waals surface area contributed by atoms with E-state index in [4.69, 9.17) is 5.73 Å². The number of carbonyl (C=O) groups is 1. The Morgan fingerprint density at radius 3 is 2.61 bits per heavy atom. The molecule has 2 rings (SSSR count). The van der Waals surface area contributed by atoms with E-state index in [-0.39, 0.29) is 11.3 Å². The summed E-state index contributed by atoms with van der Waals surface area (Å²) in [6.07, 6.45) is 5.64. The summed E-state index contributed by atoms with van der Waals surface area (Å²) in [6, 6.07) is 0. The van der Waals surface area contributed by atoms with E-state index in [0.29, 0.717) is 6.54 Å². The fourth-order valence-corrected chi connectivity index (χ4v) is 2.65. The molecule has 0 unspecified atom stereocenters. The van der Waals surface area contributed by atoms with Crippen molar-refractivity contribution in [2.24, 2.45) is 17.1 Å². The third kappa shape index (κ3) is 3.45. The Hall–Kier alpha value is -0.610. The van der Waals surface area contributed by atoms with Gasteiger partial charge in [-0.25, -0.2) is 0 Å². The summed E-state index contributed by atoms with van der Waals surface area (Å²) in [4.78, 5) is 14.4. The van der Waals surface area contributed by atoms with Gasteiger partial charge in [0, 0.05) is 13.1 Å². The lowest BCUT2D eigenvalue weighted by Crippen LogP contribution is -2.39. The Labute approximate surface area is 110 Å². The average Bonchev–Trinajstić information content (AvgIpc) is 3.17. The second kappa shape index (κ2) is 6.02. The largest absolute Gasteiger partial charge is 0.356 e. The van der Waals surface area contributed by atoms with E-state index in [1.54, 1.807) is 0 Å². The topological polar surface area (TPSA) is 58.4 Å². The molecule has 0 radical (unpaired) electrons. The van der Waals surface area contributed by atoms with Gasteiger partial charge in [-0.05, 0) is 57.7 Å². The van der Waals surface area contributed by atoms with Crippen molar-refractivity contribution in [1.29, 1.82) is 0 Å². The van der Waals surface area contributed by atoms with Crippen LogP contribution >= 0.6 is 0 Å². The van der Waals surface area contributed by atoms with Gasteiger partial charge in [-0.3, -0.25) is 4.79 Å². The van der Waals surface area contributed by atoms with Gasteiger partial charge in [0.05, 0.1) is 5.41 Å². The van der Waals surface area contributed by atoms with Crippen LogP contribution in [-0.2, 0) is 4.79 Å². The maximum Gasteiger partial charge on any atom is 0.227 e. The van der Waals surface area contributed by atoms with E-state index in [9.17, 15) is 4.79 Å². The van der Waals surface area contributed by atoms with Crippen LogP contribution in [0.2, 0.25) is 0 Å². The number of nitrogens with one attached hydrogen (secondary N) is 1. The molecular formula is C14H27N3O. The van der Waals surface area contributed by atoms with Crippen LogP contribution in [0.1, 0.15) is 39.0 Å². The number of amides is 1. The quantitative estimate of drug-likeness (QED) is 0.693. The van der Waals surface area contributed by atoms with Crippen molar-refractivity contribution >= 4 is 5.91 Å². The molecule has 1 aliphatic carbocycles. The van der Waals surface area contributed by atoms with Gasteiger partial charge in [0.15, 0.2) is 0 Å². The maximum atomic E-state index is 11.8. The molecule has 18 heavy (non-hydrogen) atoms. The molecule has 4 heteroatoms. The lowest BCUT2D eigenvalue weighted by atomic mass is 9.99. The maximum absolute atomic E-state index is 11.8. The van der Waals surface area contributed by atoms with Gasteiger partial charge in [-0.1, -0.05) is 6.92 Å². The fourth-order valence-electron chi connectivity index (χ4n) is 2.65. The molecule has 1 amide bonds. The van der Waals surface area contributed by atoms with Crippen LogP contribution in [0.15, 0.2) is 0 Å². The van der Waals surface area contributed by atoms with Crippen LogP contribution in [0, 0.1) is 11.3 Å². The first-order chi connectivity index (χ1) is 8.66. The van der Waals surface area contributed by atoms with E-state index in [0.717, 1.165) is 38.3 Å². The first-order valence-electron chi connectivity index (χ1n) is 7.37. The van der Waals surface area contributed by atoms with Crippen molar-refractivity contribution in [1.82, 2.24) is 10.2 Å². The molecule has 0 atom stereocenters. The number of nitrogens with two attached hydrogens (primary N) is 1. The van der Waals surface area contributed by atoms with Crippen molar-refractivity contribution in [3.05, 3.63) is 0 Å². The van der Waals surface area contributed by atoms with E-state index < -0.39 is 0 Å². The van der Waals surface area contributed by atoms with Crippen LogP contribution in [0.25, 0.3) is 0 Å². The summed E-state index contributed by atoms with van der Waals surface area (Å²) < 4.78 is 0. The molecule has 1 saturated carbocycles. The van der Waals surface area contributed by atoms with Gasteiger partial charge in [-0.2, -0.15) is 0 Å². The summed E-state index contributed by atoms with van der Waals surface area (Å²) >= 11 is 0. The number of hydrogen-bond donors (Lipinski definition) is 2. The summed E-state index contributed by atoms with van der Waals surface area (Å²) in [5, 5.41) is 3.04. The molecule has 0 aromatic heterocycles. The van der Waals surface area contributed by atoms with Crippen molar-refractivity contribution in [3.8, 4) is 0 Å². The normalized spacial score (nSPS) is 23.9. The molecule has 4 nitrogen and oxygen atoms in total. The van der Waals surface area contributed by atoms with Crippen molar-refractivity contribution in [2.45, 2.75) is 39.0 Å².